The number of rotatable bonds is 3. The lowest BCUT2D eigenvalue weighted by Gasteiger charge is -2.32. The Hall–Kier alpha value is -2.91. The van der Waals surface area contributed by atoms with Crippen LogP contribution in [0.1, 0.15) is 33.6 Å². The molecule has 0 aromatic heterocycles. The Morgan fingerprint density at radius 3 is 2.23 bits per heavy atom. The van der Waals surface area contributed by atoms with Crippen molar-refractivity contribution >= 4 is 23.7 Å². The molecule has 1 unspecified atom stereocenters. The van der Waals surface area contributed by atoms with Gasteiger partial charge in [0.05, 0.1) is 17.0 Å². The van der Waals surface area contributed by atoms with Crippen molar-refractivity contribution in [2.45, 2.75) is 19.0 Å². The van der Waals surface area contributed by atoms with Gasteiger partial charge in [0, 0.05) is 13.0 Å². The number of amides is 3. The number of hydrogen-bond acceptors (Lipinski definition) is 5. The molecule has 1 fully saturated rings. The van der Waals surface area contributed by atoms with Crippen LogP contribution in [0.15, 0.2) is 24.3 Å². The first kappa shape index (κ1) is 17.9. The van der Waals surface area contributed by atoms with Crippen molar-refractivity contribution in [1.82, 2.24) is 9.96 Å². The first-order valence-electron chi connectivity index (χ1n) is 7.71. The number of fused-ring (bicyclic) bond motifs is 1. The van der Waals surface area contributed by atoms with Crippen molar-refractivity contribution in [1.29, 1.82) is 0 Å². The lowest BCUT2D eigenvalue weighted by Crippen LogP contribution is -2.48. The Labute approximate surface area is 145 Å². The normalized spacial score (nSPS) is 20.4. The summed E-state index contributed by atoms with van der Waals surface area (Å²) in [5.74, 6) is -4.44. The van der Waals surface area contributed by atoms with Gasteiger partial charge in [-0.2, -0.15) is 13.2 Å². The number of likely N-dealkylation sites (tertiary alicyclic amines) is 1. The first-order valence-corrected chi connectivity index (χ1v) is 7.71. The van der Waals surface area contributed by atoms with Crippen molar-refractivity contribution in [3.63, 3.8) is 0 Å². The molecule has 0 bridgehead atoms. The van der Waals surface area contributed by atoms with E-state index in [-0.39, 0.29) is 24.0 Å². The smallest absolute Gasteiger partial charge is 0.333 e. The lowest BCUT2D eigenvalue weighted by molar-refractivity contribution is -0.181. The zero-order chi connectivity index (χ0) is 19.1. The number of carbonyl (C=O) groups is 4. The highest BCUT2D eigenvalue weighted by molar-refractivity contribution is 6.20. The Kier molecular flexibility index (Phi) is 4.43. The molecule has 10 heteroatoms. The number of carbonyl (C=O) groups excluding carboxylic acids is 4. The zero-order valence-electron chi connectivity index (χ0n) is 13.3. The summed E-state index contributed by atoms with van der Waals surface area (Å²) < 4.78 is 37.5. The molecule has 26 heavy (non-hydrogen) atoms. The minimum atomic E-state index is -4.59. The maximum absolute atomic E-state index is 12.5. The quantitative estimate of drug-likeness (QED) is 0.754. The Bertz CT molecular complexity index is 757. The highest BCUT2D eigenvalue weighted by Crippen LogP contribution is 2.27. The van der Waals surface area contributed by atoms with E-state index >= 15 is 0 Å². The maximum Gasteiger partial charge on any atom is 0.406 e. The number of nitrogens with zero attached hydrogens (tertiary/aromatic N) is 2. The van der Waals surface area contributed by atoms with Crippen molar-refractivity contribution in [3.05, 3.63) is 35.4 Å². The molecule has 138 valence electrons. The second-order valence-electron chi connectivity index (χ2n) is 5.99. The van der Waals surface area contributed by atoms with Gasteiger partial charge >= 0.3 is 12.1 Å². The van der Waals surface area contributed by atoms with Gasteiger partial charge in [-0.3, -0.25) is 14.4 Å². The van der Waals surface area contributed by atoms with Gasteiger partial charge in [-0.05, 0) is 18.6 Å². The van der Waals surface area contributed by atoms with E-state index in [1.807, 2.05) is 0 Å². The van der Waals surface area contributed by atoms with Gasteiger partial charge < -0.3 is 9.74 Å². The molecular weight excluding hydrogens is 357 g/mol. The molecule has 3 rings (SSSR count). The predicted molar refractivity (Wildman–Crippen MR) is 78.4 cm³/mol. The molecular formula is C16H13F3N2O5. The van der Waals surface area contributed by atoms with Crippen LogP contribution in [0, 0.1) is 5.92 Å². The lowest BCUT2D eigenvalue weighted by atomic mass is 9.98. The monoisotopic (exact) mass is 370 g/mol. The fourth-order valence-corrected chi connectivity index (χ4v) is 2.89. The van der Waals surface area contributed by atoms with E-state index in [9.17, 15) is 32.3 Å². The van der Waals surface area contributed by atoms with Gasteiger partial charge in [0.25, 0.3) is 11.8 Å². The SMILES string of the molecule is O=C(ON1C(=O)c2ccccc2C1=O)C1CCC(=O)N(CC(F)(F)F)C1. The van der Waals surface area contributed by atoms with Crippen LogP contribution >= 0.6 is 0 Å². The topological polar surface area (TPSA) is 84.0 Å². The van der Waals surface area contributed by atoms with E-state index in [0.717, 1.165) is 0 Å². The molecule has 3 amide bonds. The Morgan fingerprint density at radius 1 is 1.12 bits per heavy atom. The minimum Gasteiger partial charge on any atom is -0.333 e. The van der Waals surface area contributed by atoms with Crippen LogP contribution in [0.2, 0.25) is 0 Å². The summed E-state index contributed by atoms with van der Waals surface area (Å²) in [6.07, 6.45) is -4.86. The summed E-state index contributed by atoms with van der Waals surface area (Å²) >= 11 is 0. The number of hydrogen-bond donors (Lipinski definition) is 0. The van der Waals surface area contributed by atoms with Gasteiger partial charge in [0.15, 0.2) is 0 Å². The number of imide groups is 1. The van der Waals surface area contributed by atoms with Crippen LogP contribution in [-0.4, -0.2) is 52.9 Å². The molecule has 0 radical (unpaired) electrons. The molecule has 7 nitrogen and oxygen atoms in total. The molecule has 1 atom stereocenters. The number of piperidine rings is 1. The minimum absolute atomic E-state index is 0.0187. The molecule has 2 aliphatic rings. The van der Waals surface area contributed by atoms with Crippen LogP contribution in [0.3, 0.4) is 0 Å². The van der Waals surface area contributed by atoms with Crippen LogP contribution in [0.25, 0.3) is 0 Å². The molecule has 1 aromatic rings. The summed E-state index contributed by atoms with van der Waals surface area (Å²) in [4.78, 5) is 53.5. The average molecular weight is 370 g/mol. The molecule has 1 saturated heterocycles. The number of benzene rings is 1. The van der Waals surface area contributed by atoms with Gasteiger partial charge in [0.2, 0.25) is 5.91 Å². The molecule has 0 saturated carbocycles. The third kappa shape index (κ3) is 3.39. The van der Waals surface area contributed by atoms with Gasteiger partial charge in [-0.1, -0.05) is 17.2 Å². The number of alkyl halides is 3. The van der Waals surface area contributed by atoms with Gasteiger partial charge in [-0.25, -0.2) is 4.79 Å². The van der Waals surface area contributed by atoms with E-state index in [4.69, 9.17) is 4.84 Å². The van der Waals surface area contributed by atoms with Crippen LogP contribution in [-0.2, 0) is 14.4 Å². The summed E-state index contributed by atoms with van der Waals surface area (Å²) in [6.45, 7) is -1.96. The molecule has 0 aliphatic carbocycles. The van der Waals surface area contributed by atoms with E-state index in [1.165, 1.54) is 24.3 Å². The van der Waals surface area contributed by atoms with E-state index in [2.05, 4.69) is 0 Å². The van der Waals surface area contributed by atoms with Crippen LogP contribution in [0.5, 0.6) is 0 Å². The molecule has 0 N–H and O–H groups in total. The van der Waals surface area contributed by atoms with Crippen molar-refractivity contribution < 1.29 is 37.2 Å². The number of hydroxylamine groups is 2. The highest BCUT2D eigenvalue weighted by Gasteiger charge is 2.42. The number of halogens is 3. The van der Waals surface area contributed by atoms with E-state index in [1.54, 1.807) is 0 Å². The zero-order valence-corrected chi connectivity index (χ0v) is 13.3. The summed E-state index contributed by atoms with van der Waals surface area (Å²) in [5, 5.41) is 0.303. The predicted octanol–water partition coefficient (Wildman–Crippen LogP) is 1.54. The summed E-state index contributed by atoms with van der Waals surface area (Å²) in [5.41, 5.74) is 0.144. The van der Waals surface area contributed by atoms with Crippen LogP contribution in [0.4, 0.5) is 13.2 Å². The molecule has 2 aliphatic heterocycles. The fourth-order valence-electron chi connectivity index (χ4n) is 2.89. The van der Waals surface area contributed by atoms with Crippen molar-refractivity contribution in [2.75, 3.05) is 13.1 Å². The summed E-state index contributed by atoms with van der Waals surface area (Å²) in [6, 6.07) is 5.87. The third-order valence-electron chi connectivity index (χ3n) is 4.14. The largest absolute Gasteiger partial charge is 0.406 e. The first-order chi connectivity index (χ1) is 12.2. The summed E-state index contributed by atoms with van der Waals surface area (Å²) in [7, 11) is 0. The van der Waals surface area contributed by atoms with Crippen molar-refractivity contribution in [2.24, 2.45) is 5.92 Å². The fraction of sp³-hybridized carbons (Fsp3) is 0.375. The average Bonchev–Trinajstić information content (AvgIpc) is 2.81. The van der Waals surface area contributed by atoms with Gasteiger partial charge in [0.1, 0.15) is 6.54 Å². The second kappa shape index (κ2) is 6.43. The van der Waals surface area contributed by atoms with E-state index in [0.29, 0.717) is 9.96 Å². The van der Waals surface area contributed by atoms with Crippen LogP contribution < -0.4 is 0 Å². The standard InChI is InChI=1S/C16H13F3N2O5/c17-16(18,19)8-20-7-9(5-6-12(20)22)15(25)26-21-13(23)10-3-1-2-4-11(10)14(21)24/h1-4,9H,5-8H2. The van der Waals surface area contributed by atoms with Gasteiger partial charge in [-0.15, -0.1) is 0 Å². The van der Waals surface area contributed by atoms with Crippen molar-refractivity contribution in [3.8, 4) is 0 Å². The Morgan fingerprint density at radius 2 is 1.69 bits per heavy atom. The third-order valence-corrected chi connectivity index (χ3v) is 4.14. The van der Waals surface area contributed by atoms with E-state index < -0.39 is 48.9 Å². The Balaban J connectivity index is 1.68. The molecule has 2 heterocycles. The highest BCUT2D eigenvalue weighted by atomic mass is 19.4. The second-order valence-corrected chi connectivity index (χ2v) is 5.99. The molecule has 0 spiro atoms. The molecule has 1 aromatic carbocycles. The maximum atomic E-state index is 12.5.